The normalized spacial score (nSPS) is 23.9. The molecule has 1 N–H and O–H groups in total. The van der Waals surface area contributed by atoms with Crippen molar-refractivity contribution in [1.29, 1.82) is 0 Å². The van der Waals surface area contributed by atoms with Gasteiger partial charge in [-0.05, 0) is 36.8 Å². The van der Waals surface area contributed by atoms with Crippen molar-refractivity contribution in [3.8, 4) is 0 Å². The molecular weight excluding hydrogens is 256 g/mol. The summed E-state index contributed by atoms with van der Waals surface area (Å²) >= 11 is 0. The number of piperazine rings is 1. The molecule has 1 aromatic carbocycles. The molecule has 1 fully saturated rings. The van der Waals surface area contributed by atoms with E-state index in [2.05, 4.69) is 68.2 Å². The Hall–Kier alpha value is -0.860. The van der Waals surface area contributed by atoms with E-state index in [1.165, 1.54) is 31.5 Å². The second kappa shape index (κ2) is 7.95. The fourth-order valence-corrected chi connectivity index (χ4v) is 3.35. The lowest BCUT2D eigenvalue weighted by atomic mass is 9.94. The zero-order valence-electron chi connectivity index (χ0n) is 14.2. The van der Waals surface area contributed by atoms with Gasteiger partial charge in [0.1, 0.15) is 0 Å². The van der Waals surface area contributed by atoms with Gasteiger partial charge in [-0.25, -0.2) is 0 Å². The summed E-state index contributed by atoms with van der Waals surface area (Å²) in [6.07, 6.45) is 2.46. The summed E-state index contributed by atoms with van der Waals surface area (Å²) in [4.78, 5) is 2.73. The lowest BCUT2D eigenvalue weighted by Gasteiger charge is -2.43. The molecule has 0 aliphatic carbocycles. The third-order valence-corrected chi connectivity index (χ3v) is 4.82. The average Bonchev–Trinajstić information content (AvgIpc) is 2.48. The first-order chi connectivity index (χ1) is 10.1. The molecule has 1 aliphatic heterocycles. The minimum absolute atomic E-state index is 0.650. The van der Waals surface area contributed by atoms with E-state index in [1.54, 1.807) is 0 Å². The van der Waals surface area contributed by atoms with Crippen molar-refractivity contribution in [2.24, 2.45) is 11.8 Å². The molecule has 118 valence electrons. The maximum atomic E-state index is 3.75. The van der Waals surface area contributed by atoms with Crippen molar-refractivity contribution >= 4 is 0 Å². The molecule has 0 amide bonds. The second-order valence-electron chi connectivity index (χ2n) is 7.15. The van der Waals surface area contributed by atoms with Gasteiger partial charge in [-0.2, -0.15) is 0 Å². The number of hydrogen-bond donors (Lipinski definition) is 1. The number of nitrogens with one attached hydrogen (secondary N) is 1. The quantitative estimate of drug-likeness (QED) is 0.861. The van der Waals surface area contributed by atoms with Gasteiger partial charge < -0.3 is 5.32 Å². The first-order valence-corrected chi connectivity index (χ1v) is 8.59. The molecule has 0 radical (unpaired) electrons. The van der Waals surface area contributed by atoms with Crippen molar-refractivity contribution in [3.63, 3.8) is 0 Å². The number of hydrogen-bond acceptors (Lipinski definition) is 2. The smallest absolute Gasteiger partial charge is 0.0244 e. The molecule has 2 atom stereocenters. The zero-order chi connectivity index (χ0) is 15.2. The lowest BCUT2D eigenvalue weighted by Crippen LogP contribution is -2.59. The van der Waals surface area contributed by atoms with Crippen LogP contribution in [-0.4, -0.2) is 36.6 Å². The average molecular weight is 288 g/mol. The number of rotatable bonds is 6. The summed E-state index contributed by atoms with van der Waals surface area (Å²) in [5.74, 6) is 1.44. The van der Waals surface area contributed by atoms with Gasteiger partial charge in [-0.15, -0.1) is 0 Å². The maximum Gasteiger partial charge on any atom is 0.0244 e. The Kier molecular flexibility index (Phi) is 6.25. The molecule has 2 unspecified atom stereocenters. The number of benzene rings is 1. The Morgan fingerprint density at radius 3 is 2.43 bits per heavy atom. The topological polar surface area (TPSA) is 15.3 Å². The minimum Gasteiger partial charge on any atom is -0.311 e. The Labute approximate surface area is 130 Å². The van der Waals surface area contributed by atoms with Crippen LogP contribution in [0.1, 0.15) is 39.7 Å². The molecule has 0 spiro atoms. The van der Waals surface area contributed by atoms with Crippen molar-refractivity contribution < 1.29 is 0 Å². The van der Waals surface area contributed by atoms with Gasteiger partial charge >= 0.3 is 0 Å². The lowest BCUT2D eigenvalue weighted by molar-refractivity contribution is 0.0842. The first-order valence-electron chi connectivity index (χ1n) is 8.59. The third kappa shape index (κ3) is 4.82. The highest BCUT2D eigenvalue weighted by Gasteiger charge is 2.30. The van der Waals surface area contributed by atoms with Crippen LogP contribution < -0.4 is 5.32 Å². The third-order valence-electron chi connectivity index (χ3n) is 4.82. The molecule has 1 heterocycles. The van der Waals surface area contributed by atoms with Gasteiger partial charge in [0.2, 0.25) is 0 Å². The van der Waals surface area contributed by atoms with E-state index in [4.69, 9.17) is 0 Å². The van der Waals surface area contributed by atoms with Crippen LogP contribution in [0.15, 0.2) is 30.3 Å². The number of nitrogens with zero attached hydrogens (tertiary/aromatic N) is 1. The minimum atomic E-state index is 0.650. The van der Waals surface area contributed by atoms with Crippen LogP contribution in [0.5, 0.6) is 0 Å². The molecule has 0 aromatic heterocycles. The predicted molar refractivity (Wildman–Crippen MR) is 91.6 cm³/mol. The maximum absolute atomic E-state index is 3.75. The first kappa shape index (κ1) is 16.5. The fraction of sp³-hybridized carbons (Fsp3) is 0.684. The SMILES string of the molecule is CC(C)C1CN(CCCc2ccccc2)C(C(C)C)CN1. The van der Waals surface area contributed by atoms with Gasteiger partial charge in [-0.3, -0.25) is 4.90 Å². The van der Waals surface area contributed by atoms with E-state index in [-0.39, 0.29) is 0 Å². The molecule has 1 aliphatic rings. The van der Waals surface area contributed by atoms with Gasteiger partial charge in [0, 0.05) is 25.2 Å². The Bertz CT molecular complexity index is 399. The molecule has 2 rings (SSSR count). The van der Waals surface area contributed by atoms with Crippen LogP contribution >= 0.6 is 0 Å². The Morgan fingerprint density at radius 1 is 1.10 bits per heavy atom. The molecule has 0 bridgehead atoms. The molecule has 0 saturated carbocycles. The summed E-state index contributed by atoms with van der Waals surface area (Å²) in [5.41, 5.74) is 1.47. The van der Waals surface area contributed by atoms with Crippen LogP contribution in [-0.2, 0) is 6.42 Å². The van der Waals surface area contributed by atoms with E-state index in [0.29, 0.717) is 12.1 Å². The van der Waals surface area contributed by atoms with Crippen LogP contribution in [0.25, 0.3) is 0 Å². The Balaban J connectivity index is 1.87. The molecular formula is C19H32N2. The van der Waals surface area contributed by atoms with Gasteiger partial charge in [-0.1, -0.05) is 58.0 Å². The molecule has 21 heavy (non-hydrogen) atoms. The highest BCUT2D eigenvalue weighted by atomic mass is 15.2. The second-order valence-corrected chi connectivity index (χ2v) is 7.15. The van der Waals surface area contributed by atoms with Crippen LogP contribution in [0, 0.1) is 11.8 Å². The van der Waals surface area contributed by atoms with Crippen LogP contribution in [0.4, 0.5) is 0 Å². The van der Waals surface area contributed by atoms with E-state index < -0.39 is 0 Å². The summed E-state index contributed by atoms with van der Waals surface area (Å²) in [7, 11) is 0. The summed E-state index contributed by atoms with van der Waals surface area (Å²) < 4.78 is 0. The predicted octanol–water partition coefficient (Wildman–Crippen LogP) is 3.57. The van der Waals surface area contributed by atoms with Crippen molar-refractivity contribution in [1.82, 2.24) is 10.2 Å². The fourth-order valence-electron chi connectivity index (χ4n) is 3.35. The van der Waals surface area contributed by atoms with Gasteiger partial charge in [0.15, 0.2) is 0 Å². The van der Waals surface area contributed by atoms with Gasteiger partial charge in [0.25, 0.3) is 0 Å². The van der Waals surface area contributed by atoms with E-state index in [0.717, 1.165) is 18.4 Å². The molecule has 1 saturated heterocycles. The Morgan fingerprint density at radius 2 is 1.81 bits per heavy atom. The van der Waals surface area contributed by atoms with Crippen molar-refractivity contribution in [2.75, 3.05) is 19.6 Å². The molecule has 2 nitrogen and oxygen atoms in total. The zero-order valence-corrected chi connectivity index (χ0v) is 14.2. The monoisotopic (exact) mass is 288 g/mol. The van der Waals surface area contributed by atoms with E-state index >= 15 is 0 Å². The summed E-state index contributed by atoms with van der Waals surface area (Å²) in [6.45, 7) is 12.9. The van der Waals surface area contributed by atoms with Crippen LogP contribution in [0.3, 0.4) is 0 Å². The van der Waals surface area contributed by atoms with E-state index in [9.17, 15) is 0 Å². The van der Waals surface area contributed by atoms with Crippen molar-refractivity contribution in [3.05, 3.63) is 35.9 Å². The van der Waals surface area contributed by atoms with Crippen LogP contribution in [0.2, 0.25) is 0 Å². The molecule has 2 heteroatoms. The number of aryl methyl sites for hydroxylation is 1. The van der Waals surface area contributed by atoms with E-state index in [1.807, 2.05) is 0 Å². The highest BCUT2D eigenvalue weighted by Crippen LogP contribution is 2.19. The highest BCUT2D eigenvalue weighted by molar-refractivity contribution is 5.14. The molecule has 1 aromatic rings. The summed E-state index contributed by atoms with van der Waals surface area (Å²) in [6, 6.07) is 12.2. The van der Waals surface area contributed by atoms with Gasteiger partial charge in [0.05, 0.1) is 0 Å². The summed E-state index contributed by atoms with van der Waals surface area (Å²) in [5, 5.41) is 3.75. The van der Waals surface area contributed by atoms with Crippen molar-refractivity contribution in [2.45, 2.75) is 52.6 Å². The largest absolute Gasteiger partial charge is 0.311 e. The standard InChI is InChI=1S/C19H32N2/c1-15(2)18-14-21(19(13-20-18)16(3)4)12-8-11-17-9-6-5-7-10-17/h5-7,9-10,15-16,18-20H,8,11-14H2,1-4H3.